The number of rotatable bonds is 4. The maximum Gasteiger partial charge on any atom is 0.174 e. The van der Waals surface area contributed by atoms with Gasteiger partial charge in [0, 0.05) is 18.3 Å². The van der Waals surface area contributed by atoms with Crippen LogP contribution < -0.4 is 11.3 Å². The third-order valence-corrected chi connectivity index (χ3v) is 3.11. The zero-order chi connectivity index (χ0) is 11.5. The van der Waals surface area contributed by atoms with E-state index in [4.69, 9.17) is 10.3 Å². The molecule has 0 radical (unpaired) electrons. The van der Waals surface area contributed by atoms with Crippen molar-refractivity contribution >= 4 is 15.9 Å². The Balaban J connectivity index is 2.40. The molecule has 0 saturated heterocycles. The van der Waals surface area contributed by atoms with Crippen LogP contribution in [0.5, 0.6) is 0 Å². The summed E-state index contributed by atoms with van der Waals surface area (Å²) in [6.07, 6.45) is 3.38. The number of nitrogens with one attached hydrogen (secondary N) is 1. The summed E-state index contributed by atoms with van der Waals surface area (Å²) in [6, 6.07) is 3.69. The first kappa shape index (κ1) is 11.4. The number of halogens is 1. The minimum Gasteiger partial charge on any atom is -0.457 e. The van der Waals surface area contributed by atoms with Crippen molar-refractivity contribution in [3.63, 3.8) is 0 Å². The van der Waals surface area contributed by atoms with E-state index < -0.39 is 0 Å². The van der Waals surface area contributed by atoms with Crippen LogP contribution in [0.4, 0.5) is 0 Å². The highest BCUT2D eigenvalue weighted by Crippen LogP contribution is 2.28. The average Bonchev–Trinajstić information content (AvgIpc) is 2.90. The quantitative estimate of drug-likeness (QED) is 0.664. The fraction of sp³-hybridized carbons (Fsp3) is 0.300. The van der Waals surface area contributed by atoms with Gasteiger partial charge in [0.05, 0.1) is 18.0 Å². The molecule has 2 rings (SSSR count). The molecule has 1 unspecified atom stereocenters. The van der Waals surface area contributed by atoms with Gasteiger partial charge in [-0.1, -0.05) is 0 Å². The molecule has 0 amide bonds. The van der Waals surface area contributed by atoms with Crippen molar-refractivity contribution in [2.24, 2.45) is 5.84 Å². The molecule has 0 fully saturated rings. The van der Waals surface area contributed by atoms with Crippen LogP contribution >= 0.6 is 15.9 Å². The van der Waals surface area contributed by atoms with Crippen LogP contribution in [-0.4, -0.2) is 9.78 Å². The molecule has 0 saturated carbocycles. The molecule has 0 aromatic carbocycles. The fourth-order valence-corrected chi connectivity index (χ4v) is 2.17. The highest BCUT2D eigenvalue weighted by atomic mass is 79.9. The summed E-state index contributed by atoms with van der Waals surface area (Å²) in [6.45, 7) is 2.84. The number of furan rings is 1. The standard InChI is InChI=1S/C10H13BrN4O/c1-2-15-8(3-5-13-15)9(14-12)7-4-6-16-10(7)11/h3-6,9,14H,2,12H2,1H3. The van der Waals surface area contributed by atoms with Crippen LogP contribution in [0.1, 0.15) is 24.2 Å². The van der Waals surface area contributed by atoms with E-state index in [0.717, 1.165) is 17.8 Å². The average molecular weight is 285 g/mol. The largest absolute Gasteiger partial charge is 0.457 e. The lowest BCUT2D eigenvalue weighted by Gasteiger charge is -2.16. The first-order chi connectivity index (χ1) is 7.77. The second-order valence-electron chi connectivity index (χ2n) is 3.32. The summed E-state index contributed by atoms with van der Waals surface area (Å²) in [5.41, 5.74) is 4.73. The second-order valence-corrected chi connectivity index (χ2v) is 4.04. The molecule has 0 aliphatic heterocycles. The van der Waals surface area contributed by atoms with Gasteiger partial charge in [-0.15, -0.1) is 0 Å². The summed E-state index contributed by atoms with van der Waals surface area (Å²) < 4.78 is 7.78. The molecule has 2 heterocycles. The molecule has 3 N–H and O–H groups in total. The van der Waals surface area contributed by atoms with Gasteiger partial charge in [0.2, 0.25) is 0 Å². The first-order valence-electron chi connectivity index (χ1n) is 4.98. The van der Waals surface area contributed by atoms with Gasteiger partial charge in [-0.05, 0) is 35.0 Å². The molecule has 0 aliphatic rings. The molecule has 5 nitrogen and oxygen atoms in total. The van der Waals surface area contributed by atoms with E-state index in [1.165, 1.54) is 0 Å². The molecule has 0 bridgehead atoms. The normalized spacial score (nSPS) is 12.9. The Bertz CT molecular complexity index is 465. The fourth-order valence-electron chi connectivity index (χ4n) is 1.70. The van der Waals surface area contributed by atoms with Gasteiger partial charge in [-0.2, -0.15) is 5.10 Å². The van der Waals surface area contributed by atoms with Crippen molar-refractivity contribution in [1.82, 2.24) is 15.2 Å². The third kappa shape index (κ3) is 1.91. The van der Waals surface area contributed by atoms with E-state index in [1.807, 2.05) is 23.7 Å². The molecule has 0 spiro atoms. The topological polar surface area (TPSA) is 69.0 Å². The molecule has 6 heteroatoms. The van der Waals surface area contributed by atoms with E-state index in [1.54, 1.807) is 12.5 Å². The summed E-state index contributed by atoms with van der Waals surface area (Å²) in [7, 11) is 0. The zero-order valence-corrected chi connectivity index (χ0v) is 10.4. The van der Waals surface area contributed by atoms with Crippen molar-refractivity contribution < 1.29 is 4.42 Å². The number of hydrogen-bond donors (Lipinski definition) is 2. The van der Waals surface area contributed by atoms with Crippen LogP contribution in [0.3, 0.4) is 0 Å². The van der Waals surface area contributed by atoms with Crippen LogP contribution in [0.2, 0.25) is 0 Å². The monoisotopic (exact) mass is 284 g/mol. The van der Waals surface area contributed by atoms with E-state index >= 15 is 0 Å². The molecule has 86 valence electrons. The maximum atomic E-state index is 5.59. The van der Waals surface area contributed by atoms with Gasteiger partial charge >= 0.3 is 0 Å². The van der Waals surface area contributed by atoms with Gasteiger partial charge in [0.15, 0.2) is 4.67 Å². The van der Waals surface area contributed by atoms with Crippen LogP contribution in [-0.2, 0) is 6.54 Å². The zero-order valence-electron chi connectivity index (χ0n) is 8.85. The maximum absolute atomic E-state index is 5.59. The van der Waals surface area contributed by atoms with E-state index in [9.17, 15) is 0 Å². The smallest absolute Gasteiger partial charge is 0.174 e. The number of hydrazine groups is 1. The Morgan fingerprint density at radius 3 is 3.00 bits per heavy atom. The summed E-state index contributed by atoms with van der Waals surface area (Å²) in [5.74, 6) is 5.59. The SMILES string of the molecule is CCn1nccc1C(NN)c1ccoc1Br. The lowest BCUT2D eigenvalue weighted by molar-refractivity contribution is 0.511. The molecule has 0 aliphatic carbocycles. The molecule has 2 aromatic rings. The van der Waals surface area contributed by atoms with Crippen molar-refractivity contribution in [1.29, 1.82) is 0 Å². The lowest BCUT2D eigenvalue weighted by atomic mass is 10.1. The third-order valence-electron chi connectivity index (χ3n) is 2.47. The van der Waals surface area contributed by atoms with Crippen LogP contribution in [0.25, 0.3) is 0 Å². The van der Waals surface area contributed by atoms with Crippen LogP contribution in [0, 0.1) is 0 Å². The van der Waals surface area contributed by atoms with Gasteiger partial charge in [0.1, 0.15) is 0 Å². The number of hydrogen-bond acceptors (Lipinski definition) is 4. The Kier molecular flexibility index (Phi) is 3.42. The minimum atomic E-state index is -0.129. The van der Waals surface area contributed by atoms with Crippen LogP contribution in [0.15, 0.2) is 33.7 Å². The predicted molar refractivity (Wildman–Crippen MR) is 63.5 cm³/mol. The Morgan fingerprint density at radius 2 is 2.44 bits per heavy atom. The number of aryl methyl sites for hydroxylation is 1. The van der Waals surface area contributed by atoms with Gasteiger partial charge in [-0.25, -0.2) is 5.43 Å². The highest BCUT2D eigenvalue weighted by molar-refractivity contribution is 9.10. The van der Waals surface area contributed by atoms with E-state index in [0.29, 0.717) is 4.67 Å². The van der Waals surface area contributed by atoms with Gasteiger partial charge in [-0.3, -0.25) is 10.5 Å². The number of aromatic nitrogens is 2. The molecule has 16 heavy (non-hydrogen) atoms. The summed E-state index contributed by atoms with van der Waals surface area (Å²) in [5, 5.41) is 4.22. The molecule has 2 aromatic heterocycles. The molecule has 1 atom stereocenters. The molecular formula is C10H13BrN4O. The van der Waals surface area contributed by atoms with Gasteiger partial charge < -0.3 is 4.42 Å². The summed E-state index contributed by atoms with van der Waals surface area (Å²) >= 11 is 3.35. The van der Waals surface area contributed by atoms with E-state index in [-0.39, 0.29) is 6.04 Å². The Morgan fingerprint density at radius 1 is 1.62 bits per heavy atom. The minimum absolute atomic E-state index is 0.129. The van der Waals surface area contributed by atoms with Gasteiger partial charge in [0.25, 0.3) is 0 Å². The number of nitrogens with two attached hydrogens (primary N) is 1. The first-order valence-corrected chi connectivity index (χ1v) is 5.78. The molecular weight excluding hydrogens is 272 g/mol. The number of nitrogens with zero attached hydrogens (tertiary/aromatic N) is 2. The Hall–Kier alpha value is -1.11. The summed E-state index contributed by atoms with van der Waals surface area (Å²) in [4.78, 5) is 0. The second kappa shape index (κ2) is 4.82. The van der Waals surface area contributed by atoms with Crippen molar-refractivity contribution in [3.05, 3.63) is 40.5 Å². The van der Waals surface area contributed by atoms with Crippen molar-refractivity contribution in [2.75, 3.05) is 0 Å². The predicted octanol–water partition coefficient (Wildman–Crippen LogP) is 1.81. The lowest BCUT2D eigenvalue weighted by Crippen LogP contribution is -2.30. The van der Waals surface area contributed by atoms with Crippen molar-refractivity contribution in [2.45, 2.75) is 19.5 Å². The highest BCUT2D eigenvalue weighted by Gasteiger charge is 2.20. The van der Waals surface area contributed by atoms with E-state index in [2.05, 4.69) is 26.5 Å². The Labute approximate surface area is 102 Å². The van der Waals surface area contributed by atoms with Crippen molar-refractivity contribution in [3.8, 4) is 0 Å².